The van der Waals surface area contributed by atoms with Gasteiger partial charge in [0.25, 0.3) is 0 Å². The molecule has 2 saturated heterocycles. The largest absolute Gasteiger partial charge is 0.459 e. The molecule has 0 amide bonds. The van der Waals surface area contributed by atoms with Crippen molar-refractivity contribution >= 4 is 11.8 Å². The summed E-state index contributed by atoms with van der Waals surface area (Å²) in [5.74, 6) is -1.07. The molecular formula is C15H24O4. The zero-order chi connectivity index (χ0) is 13.8. The summed E-state index contributed by atoms with van der Waals surface area (Å²) in [6.07, 6.45) is 6.14. The highest BCUT2D eigenvalue weighted by atomic mass is 16.6. The minimum atomic E-state index is -0.642. The molecule has 4 heteroatoms. The molecule has 2 fully saturated rings. The standard InChI is InChI=1S/C15H24O4/c1-3-4-5-6-13-14-8-7-11(18-14)9-12(16)10(2)15(17)19-13/h10-11,13-14H,3-9H2,1-2H3/t10-,11-,13-,14+/m1/s1. The Morgan fingerprint density at radius 1 is 1.21 bits per heavy atom. The van der Waals surface area contributed by atoms with Gasteiger partial charge < -0.3 is 9.47 Å². The molecule has 0 aromatic rings. The fourth-order valence-corrected chi connectivity index (χ4v) is 2.86. The van der Waals surface area contributed by atoms with Gasteiger partial charge in [-0.05, 0) is 32.6 Å². The normalized spacial score (nSPS) is 35.5. The zero-order valence-electron chi connectivity index (χ0n) is 11.9. The van der Waals surface area contributed by atoms with Crippen molar-refractivity contribution in [1.82, 2.24) is 0 Å². The molecule has 4 atom stereocenters. The molecule has 2 bridgehead atoms. The van der Waals surface area contributed by atoms with Crippen molar-refractivity contribution in [3.05, 3.63) is 0 Å². The van der Waals surface area contributed by atoms with Crippen LogP contribution in [0, 0.1) is 5.92 Å². The van der Waals surface area contributed by atoms with E-state index in [9.17, 15) is 9.59 Å². The predicted molar refractivity (Wildman–Crippen MR) is 70.7 cm³/mol. The van der Waals surface area contributed by atoms with Gasteiger partial charge in [0.05, 0.1) is 12.2 Å². The molecule has 19 heavy (non-hydrogen) atoms. The van der Waals surface area contributed by atoms with E-state index in [1.54, 1.807) is 6.92 Å². The number of rotatable bonds is 4. The monoisotopic (exact) mass is 268 g/mol. The maximum Gasteiger partial charge on any atom is 0.316 e. The SMILES string of the molecule is CCCCC[C@H]1OC(=O)[C@H](C)C(=O)C[C@H]2CC[C@@H]1O2. The Kier molecular flexibility index (Phi) is 4.97. The number of carbonyl (C=O) groups excluding carboxylic acids is 2. The van der Waals surface area contributed by atoms with Crippen molar-refractivity contribution in [2.24, 2.45) is 5.92 Å². The maximum absolute atomic E-state index is 12.0. The third kappa shape index (κ3) is 3.56. The molecule has 108 valence electrons. The Labute approximate surface area is 114 Å². The molecular weight excluding hydrogens is 244 g/mol. The highest BCUT2D eigenvalue weighted by Crippen LogP contribution is 2.31. The second-order valence-corrected chi connectivity index (χ2v) is 5.74. The molecule has 2 rings (SSSR count). The number of carbonyl (C=O) groups is 2. The number of ketones is 1. The predicted octanol–water partition coefficient (Wildman–Crippen LogP) is 2.64. The van der Waals surface area contributed by atoms with Crippen molar-refractivity contribution in [2.75, 3.05) is 0 Å². The van der Waals surface area contributed by atoms with E-state index in [2.05, 4.69) is 6.92 Å². The lowest BCUT2D eigenvalue weighted by atomic mass is 9.97. The second kappa shape index (κ2) is 6.51. The molecule has 0 N–H and O–H groups in total. The first-order chi connectivity index (χ1) is 9.11. The van der Waals surface area contributed by atoms with Gasteiger partial charge >= 0.3 is 5.97 Å². The molecule has 0 unspecified atom stereocenters. The number of hydrogen-bond acceptors (Lipinski definition) is 4. The van der Waals surface area contributed by atoms with Gasteiger partial charge in [-0.2, -0.15) is 0 Å². The molecule has 2 aliphatic rings. The summed E-state index contributed by atoms with van der Waals surface area (Å²) < 4.78 is 11.4. The van der Waals surface area contributed by atoms with Crippen LogP contribution in [-0.4, -0.2) is 30.1 Å². The summed E-state index contributed by atoms with van der Waals surface area (Å²) in [7, 11) is 0. The van der Waals surface area contributed by atoms with Gasteiger partial charge in [-0.3, -0.25) is 9.59 Å². The Bertz CT molecular complexity index is 339. The molecule has 0 saturated carbocycles. The van der Waals surface area contributed by atoms with Crippen molar-refractivity contribution < 1.29 is 19.1 Å². The van der Waals surface area contributed by atoms with Gasteiger partial charge in [0.1, 0.15) is 17.8 Å². The van der Waals surface area contributed by atoms with E-state index in [0.29, 0.717) is 6.42 Å². The van der Waals surface area contributed by atoms with Crippen LogP contribution in [0.1, 0.15) is 58.8 Å². The summed E-state index contributed by atoms with van der Waals surface area (Å²) >= 11 is 0. The number of Topliss-reactive ketones (excluding diaryl/α,β-unsaturated/α-hetero) is 1. The third-order valence-corrected chi connectivity index (χ3v) is 4.18. The Morgan fingerprint density at radius 2 is 2.00 bits per heavy atom. The minimum absolute atomic E-state index is 0.0103. The molecule has 2 aliphatic heterocycles. The molecule has 4 nitrogen and oxygen atoms in total. The minimum Gasteiger partial charge on any atom is -0.459 e. The number of esters is 1. The average Bonchev–Trinajstić information content (AvgIpc) is 2.85. The molecule has 0 aliphatic carbocycles. The summed E-state index contributed by atoms with van der Waals surface area (Å²) in [6.45, 7) is 3.80. The highest BCUT2D eigenvalue weighted by Gasteiger charge is 2.39. The fraction of sp³-hybridized carbons (Fsp3) is 0.867. The quantitative estimate of drug-likeness (QED) is 0.447. The van der Waals surface area contributed by atoms with Crippen LogP contribution in [0.2, 0.25) is 0 Å². The van der Waals surface area contributed by atoms with Crippen LogP contribution in [0.15, 0.2) is 0 Å². The van der Waals surface area contributed by atoms with Gasteiger partial charge in [0.2, 0.25) is 0 Å². The summed E-state index contributed by atoms with van der Waals surface area (Å²) in [5.41, 5.74) is 0. The molecule has 0 aromatic carbocycles. The Balaban J connectivity index is 2.04. The zero-order valence-corrected chi connectivity index (χ0v) is 11.9. The van der Waals surface area contributed by atoms with Crippen LogP contribution in [0.3, 0.4) is 0 Å². The van der Waals surface area contributed by atoms with E-state index >= 15 is 0 Å². The number of cyclic esters (lactones) is 1. The van der Waals surface area contributed by atoms with Crippen LogP contribution in [0.25, 0.3) is 0 Å². The summed E-state index contributed by atoms with van der Waals surface area (Å²) in [5, 5.41) is 0. The van der Waals surface area contributed by atoms with Gasteiger partial charge in [-0.15, -0.1) is 0 Å². The van der Waals surface area contributed by atoms with Crippen molar-refractivity contribution in [1.29, 1.82) is 0 Å². The lowest BCUT2D eigenvalue weighted by Gasteiger charge is -2.23. The highest BCUT2D eigenvalue weighted by molar-refractivity contribution is 5.98. The molecule has 0 aromatic heterocycles. The topological polar surface area (TPSA) is 52.6 Å². The van der Waals surface area contributed by atoms with Crippen molar-refractivity contribution in [2.45, 2.75) is 77.1 Å². The lowest BCUT2D eigenvalue weighted by Crippen LogP contribution is -2.33. The van der Waals surface area contributed by atoms with Crippen LogP contribution in [0.5, 0.6) is 0 Å². The van der Waals surface area contributed by atoms with E-state index in [4.69, 9.17) is 9.47 Å². The molecule has 0 radical (unpaired) electrons. The van der Waals surface area contributed by atoms with E-state index in [0.717, 1.165) is 38.5 Å². The second-order valence-electron chi connectivity index (χ2n) is 5.74. The van der Waals surface area contributed by atoms with E-state index in [1.807, 2.05) is 0 Å². The Morgan fingerprint density at radius 3 is 2.74 bits per heavy atom. The number of unbranched alkanes of at least 4 members (excludes halogenated alkanes) is 2. The van der Waals surface area contributed by atoms with Crippen LogP contribution < -0.4 is 0 Å². The third-order valence-electron chi connectivity index (χ3n) is 4.18. The first-order valence-electron chi connectivity index (χ1n) is 7.50. The number of ether oxygens (including phenoxy) is 2. The Hall–Kier alpha value is -0.900. The van der Waals surface area contributed by atoms with Gasteiger partial charge in [-0.1, -0.05) is 19.8 Å². The van der Waals surface area contributed by atoms with Crippen LogP contribution in [-0.2, 0) is 19.1 Å². The van der Waals surface area contributed by atoms with Gasteiger partial charge in [0.15, 0.2) is 0 Å². The number of fused-ring (bicyclic) bond motifs is 2. The summed E-state index contributed by atoms with van der Waals surface area (Å²) in [4.78, 5) is 23.9. The van der Waals surface area contributed by atoms with Crippen LogP contribution in [0.4, 0.5) is 0 Å². The van der Waals surface area contributed by atoms with Gasteiger partial charge in [0, 0.05) is 6.42 Å². The first kappa shape index (κ1) is 14.5. The molecule has 2 heterocycles. The average molecular weight is 268 g/mol. The molecule has 0 spiro atoms. The van der Waals surface area contributed by atoms with E-state index in [1.165, 1.54) is 0 Å². The van der Waals surface area contributed by atoms with E-state index < -0.39 is 5.92 Å². The lowest BCUT2D eigenvalue weighted by molar-refractivity contribution is -0.161. The summed E-state index contributed by atoms with van der Waals surface area (Å²) in [6, 6.07) is 0. The maximum atomic E-state index is 12.0. The van der Waals surface area contributed by atoms with E-state index in [-0.39, 0.29) is 30.1 Å². The first-order valence-corrected chi connectivity index (χ1v) is 7.50. The van der Waals surface area contributed by atoms with Gasteiger partial charge in [-0.25, -0.2) is 0 Å². The fourth-order valence-electron chi connectivity index (χ4n) is 2.86. The van der Waals surface area contributed by atoms with Crippen LogP contribution >= 0.6 is 0 Å². The van der Waals surface area contributed by atoms with Crippen molar-refractivity contribution in [3.63, 3.8) is 0 Å². The smallest absolute Gasteiger partial charge is 0.316 e. The van der Waals surface area contributed by atoms with Crippen molar-refractivity contribution in [3.8, 4) is 0 Å². The number of hydrogen-bond donors (Lipinski definition) is 0.